The van der Waals surface area contributed by atoms with Gasteiger partial charge in [0.1, 0.15) is 11.6 Å². The molecule has 1 aliphatic heterocycles. The minimum absolute atomic E-state index is 0.127. The lowest BCUT2D eigenvalue weighted by molar-refractivity contribution is 0.102. The average Bonchev–Trinajstić information content (AvgIpc) is 2.97. The number of fused-ring (bicyclic) bond motifs is 1. The lowest BCUT2D eigenvalue weighted by atomic mass is 9.85. The maximum absolute atomic E-state index is 14.6. The predicted molar refractivity (Wildman–Crippen MR) is 160 cm³/mol. The molecular formula is C34H43FN2O3. The summed E-state index contributed by atoms with van der Waals surface area (Å²) in [7, 11) is 0. The van der Waals surface area contributed by atoms with E-state index in [0.717, 1.165) is 57.3 Å². The number of anilines is 1. The van der Waals surface area contributed by atoms with E-state index in [2.05, 4.69) is 41.4 Å². The molecule has 0 bridgehead atoms. The fraction of sp³-hybridized carbons (Fsp3) is 0.441. The van der Waals surface area contributed by atoms with E-state index in [0.29, 0.717) is 17.9 Å². The van der Waals surface area contributed by atoms with Crippen LogP contribution in [0.1, 0.15) is 79.1 Å². The molecule has 4 rings (SSSR count). The van der Waals surface area contributed by atoms with Crippen LogP contribution in [0, 0.1) is 5.82 Å². The zero-order valence-corrected chi connectivity index (χ0v) is 24.1. The average molecular weight is 547 g/mol. The Morgan fingerprint density at radius 1 is 1.02 bits per heavy atom. The number of hydrogen-bond acceptors (Lipinski definition) is 4. The van der Waals surface area contributed by atoms with Crippen LogP contribution in [0.15, 0.2) is 60.7 Å². The van der Waals surface area contributed by atoms with Crippen molar-refractivity contribution >= 4 is 11.6 Å². The number of ether oxygens (including phenoxy) is 1. The second kappa shape index (κ2) is 13.9. The van der Waals surface area contributed by atoms with E-state index in [1.807, 2.05) is 32.0 Å². The summed E-state index contributed by atoms with van der Waals surface area (Å²) in [6, 6.07) is 18.9. The van der Waals surface area contributed by atoms with E-state index in [9.17, 15) is 14.3 Å². The molecule has 5 nitrogen and oxygen atoms in total. The van der Waals surface area contributed by atoms with E-state index in [4.69, 9.17) is 4.74 Å². The van der Waals surface area contributed by atoms with Gasteiger partial charge in [0.25, 0.3) is 5.91 Å². The number of aliphatic hydroxyl groups excluding tert-OH is 1. The van der Waals surface area contributed by atoms with Crippen LogP contribution in [0.4, 0.5) is 10.1 Å². The fourth-order valence-corrected chi connectivity index (χ4v) is 5.04. The van der Waals surface area contributed by atoms with Crippen molar-refractivity contribution in [1.82, 2.24) is 4.90 Å². The van der Waals surface area contributed by atoms with E-state index in [-0.39, 0.29) is 23.6 Å². The third kappa shape index (κ3) is 7.92. The van der Waals surface area contributed by atoms with Crippen LogP contribution in [0.2, 0.25) is 0 Å². The van der Waals surface area contributed by atoms with Gasteiger partial charge < -0.3 is 15.2 Å². The molecule has 214 valence electrons. The number of halogens is 1. The van der Waals surface area contributed by atoms with Crippen molar-refractivity contribution in [3.63, 3.8) is 0 Å². The molecule has 0 aromatic heterocycles. The van der Waals surface area contributed by atoms with Crippen LogP contribution < -0.4 is 10.1 Å². The fourth-order valence-electron chi connectivity index (χ4n) is 5.04. The van der Waals surface area contributed by atoms with E-state index in [1.54, 1.807) is 12.1 Å². The van der Waals surface area contributed by atoms with Crippen LogP contribution >= 0.6 is 0 Å². The Morgan fingerprint density at radius 2 is 1.82 bits per heavy atom. The zero-order valence-electron chi connectivity index (χ0n) is 24.1. The maximum Gasteiger partial charge on any atom is 0.255 e. The second-order valence-electron chi connectivity index (χ2n) is 11.5. The first-order chi connectivity index (χ1) is 19.3. The number of nitrogens with zero attached hydrogens (tertiary/aromatic N) is 1. The molecule has 0 saturated heterocycles. The molecule has 1 amide bonds. The summed E-state index contributed by atoms with van der Waals surface area (Å²) < 4.78 is 20.3. The summed E-state index contributed by atoms with van der Waals surface area (Å²) in [6.45, 7) is 9.68. The summed E-state index contributed by atoms with van der Waals surface area (Å²) in [4.78, 5) is 15.3. The Balaban J connectivity index is 1.28. The van der Waals surface area contributed by atoms with Crippen molar-refractivity contribution in [2.45, 2.75) is 71.3 Å². The number of carbonyl (C=O) groups excluding carboxylic acids is 1. The van der Waals surface area contributed by atoms with Crippen LogP contribution in [0.25, 0.3) is 0 Å². The van der Waals surface area contributed by atoms with Gasteiger partial charge in [-0.1, -0.05) is 70.4 Å². The highest BCUT2D eigenvalue weighted by Crippen LogP contribution is 2.25. The number of carbonyl (C=O) groups is 1. The van der Waals surface area contributed by atoms with Crippen LogP contribution in [-0.2, 0) is 24.8 Å². The molecule has 2 N–H and O–H groups in total. The van der Waals surface area contributed by atoms with Gasteiger partial charge in [0, 0.05) is 36.7 Å². The van der Waals surface area contributed by atoms with Gasteiger partial charge in [-0.25, -0.2) is 4.39 Å². The number of benzene rings is 3. The minimum Gasteiger partial charge on any atom is -0.493 e. The van der Waals surface area contributed by atoms with Gasteiger partial charge in [-0.2, -0.15) is 0 Å². The first-order valence-electron chi connectivity index (χ1n) is 14.6. The molecular weight excluding hydrogens is 503 g/mol. The largest absolute Gasteiger partial charge is 0.493 e. The molecule has 0 saturated carbocycles. The van der Waals surface area contributed by atoms with Gasteiger partial charge >= 0.3 is 0 Å². The summed E-state index contributed by atoms with van der Waals surface area (Å²) in [5, 5.41) is 12.3. The minimum atomic E-state index is -0.500. The number of amides is 1. The van der Waals surface area contributed by atoms with E-state index in [1.165, 1.54) is 29.2 Å². The Hall–Kier alpha value is -3.22. The first kappa shape index (κ1) is 29.8. The van der Waals surface area contributed by atoms with Crippen molar-refractivity contribution in [2.75, 3.05) is 31.6 Å². The standard InChI is InChI=1S/C34H43FN2O3/c1-4-5-6-7-20-40-30-14-15-32(31(35)22-30)36-33(39)27-10-11-28-23-37(19-17-26(28)21-27)18-16-25-8-12-29(13-9-25)34(2,3)24-38/h8-15,21-22,38H,4-7,16-20,23-24H2,1-3H3,(H,36,39). The molecule has 3 aromatic rings. The van der Waals surface area contributed by atoms with Crippen molar-refractivity contribution in [3.8, 4) is 5.75 Å². The van der Waals surface area contributed by atoms with Gasteiger partial charge in [-0.05, 0) is 65.8 Å². The number of aliphatic hydroxyl groups is 1. The van der Waals surface area contributed by atoms with Gasteiger partial charge in [0.15, 0.2) is 0 Å². The maximum atomic E-state index is 14.6. The summed E-state index contributed by atoms with van der Waals surface area (Å²) in [6.07, 6.45) is 6.22. The molecule has 0 fully saturated rings. The van der Waals surface area contributed by atoms with Crippen LogP contribution in [0.3, 0.4) is 0 Å². The van der Waals surface area contributed by atoms with Gasteiger partial charge in [-0.3, -0.25) is 9.69 Å². The van der Waals surface area contributed by atoms with Gasteiger partial charge in [0.2, 0.25) is 0 Å². The van der Waals surface area contributed by atoms with Crippen molar-refractivity contribution in [3.05, 3.63) is 94.3 Å². The highest BCUT2D eigenvalue weighted by molar-refractivity contribution is 6.04. The second-order valence-corrected chi connectivity index (χ2v) is 11.5. The van der Waals surface area contributed by atoms with E-state index < -0.39 is 5.82 Å². The molecule has 1 heterocycles. The third-order valence-electron chi connectivity index (χ3n) is 7.86. The summed E-state index contributed by atoms with van der Waals surface area (Å²) in [5.74, 6) is -0.335. The zero-order chi connectivity index (χ0) is 28.5. The lowest BCUT2D eigenvalue weighted by Gasteiger charge is -2.29. The number of rotatable bonds is 13. The smallest absolute Gasteiger partial charge is 0.255 e. The Bertz CT molecular complexity index is 1270. The van der Waals surface area contributed by atoms with E-state index >= 15 is 0 Å². The summed E-state index contributed by atoms with van der Waals surface area (Å²) in [5.41, 5.74) is 5.29. The van der Waals surface area contributed by atoms with Crippen molar-refractivity contribution in [1.29, 1.82) is 0 Å². The van der Waals surface area contributed by atoms with Crippen LogP contribution in [-0.4, -0.2) is 42.2 Å². The molecule has 6 heteroatoms. The molecule has 0 unspecified atom stereocenters. The van der Waals surface area contributed by atoms with Gasteiger partial charge in [-0.15, -0.1) is 0 Å². The highest BCUT2D eigenvalue weighted by Gasteiger charge is 2.20. The highest BCUT2D eigenvalue weighted by atomic mass is 19.1. The molecule has 0 atom stereocenters. The van der Waals surface area contributed by atoms with Crippen LogP contribution in [0.5, 0.6) is 5.75 Å². The van der Waals surface area contributed by atoms with Gasteiger partial charge in [0.05, 0.1) is 18.9 Å². The topological polar surface area (TPSA) is 61.8 Å². The normalized spacial score (nSPS) is 13.6. The number of nitrogens with one attached hydrogen (secondary N) is 1. The molecule has 40 heavy (non-hydrogen) atoms. The molecule has 0 aliphatic carbocycles. The molecule has 0 radical (unpaired) electrons. The first-order valence-corrected chi connectivity index (χ1v) is 14.6. The van der Waals surface area contributed by atoms with Crippen molar-refractivity contribution in [2.24, 2.45) is 0 Å². The van der Waals surface area contributed by atoms with Crippen molar-refractivity contribution < 1.29 is 19.0 Å². The summed E-state index contributed by atoms with van der Waals surface area (Å²) >= 11 is 0. The third-order valence-corrected chi connectivity index (χ3v) is 7.86. The number of hydrogen-bond donors (Lipinski definition) is 2. The SMILES string of the molecule is CCCCCCOc1ccc(NC(=O)c2ccc3c(c2)CCN(CCc2ccc(C(C)(C)CO)cc2)C3)c(F)c1. The molecule has 3 aromatic carbocycles. The molecule has 0 spiro atoms. The Kier molecular flexibility index (Phi) is 10.3. The quantitative estimate of drug-likeness (QED) is 0.229. The molecule has 1 aliphatic rings. The Labute approximate surface area is 238 Å². The Morgan fingerprint density at radius 3 is 2.55 bits per heavy atom. The number of unbranched alkanes of at least 4 members (excludes halogenated alkanes) is 3. The lowest BCUT2D eigenvalue weighted by Crippen LogP contribution is -2.32. The predicted octanol–water partition coefficient (Wildman–Crippen LogP) is 6.91. The monoisotopic (exact) mass is 546 g/mol.